The summed E-state index contributed by atoms with van der Waals surface area (Å²) in [6.45, 7) is 6.25. The predicted molar refractivity (Wildman–Crippen MR) is 91.2 cm³/mol. The van der Waals surface area contributed by atoms with Gasteiger partial charge in [-0.1, -0.05) is 12.1 Å². The molecule has 122 valence electrons. The number of piperidine rings is 1. The number of benzene rings is 1. The third-order valence-corrected chi connectivity index (χ3v) is 6.82. The third-order valence-electron chi connectivity index (χ3n) is 4.92. The van der Waals surface area contributed by atoms with Crippen LogP contribution < -0.4 is 10.2 Å². The molecule has 4 nitrogen and oxygen atoms in total. The molecular formula is C17H26N2O2S. The maximum atomic E-state index is 11.7. The lowest BCUT2D eigenvalue weighted by atomic mass is 9.96. The van der Waals surface area contributed by atoms with Gasteiger partial charge in [0.05, 0.1) is 11.5 Å². The molecule has 0 unspecified atom stereocenters. The summed E-state index contributed by atoms with van der Waals surface area (Å²) in [7, 11) is -2.84. The molecule has 2 saturated heterocycles. The number of nitrogens with zero attached hydrogens (tertiary/aromatic N) is 1. The number of sulfone groups is 1. The van der Waals surface area contributed by atoms with E-state index < -0.39 is 9.84 Å². The van der Waals surface area contributed by atoms with Crippen LogP contribution in [0.15, 0.2) is 24.3 Å². The molecule has 0 saturated carbocycles. The molecule has 1 aromatic carbocycles. The Morgan fingerprint density at radius 2 is 2.00 bits per heavy atom. The highest BCUT2D eigenvalue weighted by Gasteiger charge is 2.39. The quantitative estimate of drug-likeness (QED) is 0.926. The molecule has 2 heterocycles. The monoisotopic (exact) mass is 322 g/mol. The van der Waals surface area contributed by atoms with Crippen LogP contribution in [0.2, 0.25) is 0 Å². The van der Waals surface area contributed by atoms with E-state index in [1.54, 1.807) is 0 Å². The number of nitrogens with one attached hydrogen (secondary N) is 1. The summed E-state index contributed by atoms with van der Waals surface area (Å²) in [5.41, 5.74) is 2.36. The van der Waals surface area contributed by atoms with Crippen LogP contribution in [-0.4, -0.2) is 44.6 Å². The summed E-state index contributed by atoms with van der Waals surface area (Å²) in [6.07, 6.45) is 2.89. The summed E-state index contributed by atoms with van der Waals surface area (Å²) in [5.74, 6) is 0.622. The fourth-order valence-corrected chi connectivity index (χ4v) is 5.83. The molecule has 0 amide bonds. The van der Waals surface area contributed by atoms with Gasteiger partial charge in [0.1, 0.15) is 0 Å². The molecule has 0 aliphatic carbocycles. The lowest BCUT2D eigenvalue weighted by Gasteiger charge is -2.38. The van der Waals surface area contributed by atoms with Gasteiger partial charge in [-0.2, -0.15) is 0 Å². The van der Waals surface area contributed by atoms with Gasteiger partial charge in [0.15, 0.2) is 9.84 Å². The van der Waals surface area contributed by atoms with Crippen LogP contribution in [0.1, 0.15) is 31.7 Å². The Morgan fingerprint density at radius 3 is 2.59 bits per heavy atom. The Kier molecular flexibility index (Phi) is 4.21. The van der Waals surface area contributed by atoms with E-state index in [2.05, 4.69) is 48.3 Å². The van der Waals surface area contributed by atoms with Gasteiger partial charge < -0.3 is 10.2 Å². The summed E-state index contributed by atoms with van der Waals surface area (Å²) in [4.78, 5) is 2.43. The molecule has 2 aliphatic heterocycles. The minimum absolute atomic E-state index is 0.227. The number of rotatable bonds is 3. The Labute approximate surface area is 133 Å². The highest BCUT2D eigenvalue weighted by molar-refractivity contribution is 7.91. The van der Waals surface area contributed by atoms with E-state index >= 15 is 0 Å². The number of anilines is 1. The molecule has 22 heavy (non-hydrogen) atoms. The lowest BCUT2D eigenvalue weighted by molar-refractivity contribution is 0.303. The third kappa shape index (κ3) is 3.63. The Hall–Kier alpha value is -1.07. The number of hydrogen-bond donors (Lipinski definition) is 1. The van der Waals surface area contributed by atoms with Gasteiger partial charge in [0.25, 0.3) is 0 Å². The van der Waals surface area contributed by atoms with E-state index in [0.717, 1.165) is 32.4 Å². The van der Waals surface area contributed by atoms with E-state index in [1.165, 1.54) is 11.3 Å². The first-order valence-corrected chi connectivity index (χ1v) is 9.97. The summed E-state index contributed by atoms with van der Waals surface area (Å²) in [5, 5.41) is 3.63. The molecule has 0 aromatic heterocycles. The summed E-state index contributed by atoms with van der Waals surface area (Å²) < 4.78 is 23.4. The van der Waals surface area contributed by atoms with Crippen LogP contribution in [-0.2, 0) is 9.84 Å². The zero-order valence-corrected chi connectivity index (χ0v) is 14.3. The van der Waals surface area contributed by atoms with Crippen molar-refractivity contribution in [1.29, 1.82) is 0 Å². The molecule has 1 N–H and O–H groups in total. The van der Waals surface area contributed by atoms with Crippen LogP contribution in [0.25, 0.3) is 0 Å². The molecule has 0 spiro atoms. The van der Waals surface area contributed by atoms with Crippen molar-refractivity contribution in [2.75, 3.05) is 29.5 Å². The van der Waals surface area contributed by atoms with Crippen molar-refractivity contribution in [2.45, 2.75) is 44.7 Å². The topological polar surface area (TPSA) is 49.4 Å². The maximum absolute atomic E-state index is 11.7. The van der Waals surface area contributed by atoms with Gasteiger partial charge in [0, 0.05) is 30.4 Å². The van der Waals surface area contributed by atoms with Crippen molar-refractivity contribution in [3.63, 3.8) is 0 Å². The van der Waals surface area contributed by atoms with Crippen LogP contribution in [0, 0.1) is 6.92 Å². The fraction of sp³-hybridized carbons (Fsp3) is 0.647. The molecule has 5 heteroatoms. The van der Waals surface area contributed by atoms with Gasteiger partial charge >= 0.3 is 0 Å². The Balaban J connectivity index is 1.56. The SMILES string of the molecule is Cc1cccc(N2CCC(N[C@]3(C)CCS(=O)(=O)C3)CC2)c1. The van der Waals surface area contributed by atoms with E-state index in [0.29, 0.717) is 11.8 Å². The minimum Gasteiger partial charge on any atom is -0.371 e. The second-order valence-electron chi connectivity index (χ2n) is 7.15. The van der Waals surface area contributed by atoms with Crippen molar-refractivity contribution in [3.05, 3.63) is 29.8 Å². The van der Waals surface area contributed by atoms with Crippen molar-refractivity contribution in [2.24, 2.45) is 0 Å². The molecule has 1 atom stereocenters. The second kappa shape index (κ2) is 5.85. The first-order chi connectivity index (χ1) is 10.4. The highest BCUT2D eigenvalue weighted by atomic mass is 32.2. The van der Waals surface area contributed by atoms with Gasteiger partial charge in [-0.25, -0.2) is 8.42 Å². The molecule has 1 aromatic rings. The zero-order valence-electron chi connectivity index (χ0n) is 13.5. The Morgan fingerprint density at radius 1 is 1.27 bits per heavy atom. The smallest absolute Gasteiger partial charge is 0.152 e. The van der Waals surface area contributed by atoms with Gasteiger partial charge in [-0.15, -0.1) is 0 Å². The Bertz CT molecular complexity index is 636. The maximum Gasteiger partial charge on any atom is 0.152 e. The van der Waals surface area contributed by atoms with Crippen LogP contribution in [0.5, 0.6) is 0 Å². The van der Waals surface area contributed by atoms with Gasteiger partial charge in [-0.05, 0) is 50.8 Å². The van der Waals surface area contributed by atoms with E-state index in [1.807, 2.05) is 0 Å². The molecule has 3 rings (SSSR count). The molecule has 2 aliphatic rings. The van der Waals surface area contributed by atoms with Crippen LogP contribution in [0.4, 0.5) is 5.69 Å². The summed E-state index contributed by atoms with van der Waals surface area (Å²) >= 11 is 0. The lowest BCUT2D eigenvalue weighted by Crippen LogP contribution is -2.52. The van der Waals surface area contributed by atoms with Gasteiger partial charge in [-0.3, -0.25) is 0 Å². The first-order valence-electron chi connectivity index (χ1n) is 8.15. The average molecular weight is 322 g/mol. The van der Waals surface area contributed by atoms with Crippen molar-refractivity contribution in [1.82, 2.24) is 5.32 Å². The van der Waals surface area contributed by atoms with Gasteiger partial charge in [0.2, 0.25) is 0 Å². The molecular weight excluding hydrogens is 296 g/mol. The van der Waals surface area contributed by atoms with Crippen molar-refractivity contribution in [3.8, 4) is 0 Å². The molecule has 2 fully saturated rings. The average Bonchev–Trinajstić information content (AvgIpc) is 2.73. The molecule has 0 bridgehead atoms. The largest absolute Gasteiger partial charge is 0.371 e. The van der Waals surface area contributed by atoms with Crippen molar-refractivity contribution < 1.29 is 8.42 Å². The summed E-state index contributed by atoms with van der Waals surface area (Å²) in [6, 6.07) is 9.07. The first kappa shape index (κ1) is 15.8. The minimum atomic E-state index is -2.84. The predicted octanol–water partition coefficient (Wildman–Crippen LogP) is 2.13. The fourth-order valence-electron chi connectivity index (χ4n) is 3.72. The van der Waals surface area contributed by atoms with Crippen LogP contribution in [0.3, 0.4) is 0 Å². The van der Waals surface area contributed by atoms with E-state index in [-0.39, 0.29) is 11.3 Å². The van der Waals surface area contributed by atoms with E-state index in [9.17, 15) is 8.42 Å². The normalized spacial score (nSPS) is 28.9. The van der Waals surface area contributed by atoms with E-state index in [4.69, 9.17) is 0 Å². The zero-order chi connectivity index (χ0) is 15.8. The number of aryl methyl sites for hydroxylation is 1. The highest BCUT2D eigenvalue weighted by Crippen LogP contribution is 2.26. The second-order valence-corrected chi connectivity index (χ2v) is 9.33. The number of hydrogen-bond acceptors (Lipinski definition) is 4. The van der Waals surface area contributed by atoms with Crippen molar-refractivity contribution >= 4 is 15.5 Å². The molecule has 0 radical (unpaired) electrons. The van der Waals surface area contributed by atoms with Crippen LogP contribution >= 0.6 is 0 Å². The standard InChI is InChI=1S/C17H26N2O2S/c1-14-4-3-5-16(12-14)19-9-6-15(7-10-19)18-17(2)8-11-22(20,21)13-17/h3-5,12,15,18H,6-11,13H2,1-2H3/t17-/m1/s1.